The average Bonchev–Trinajstić information content (AvgIpc) is 2.75. The van der Waals surface area contributed by atoms with Gasteiger partial charge >= 0.3 is 0 Å². The average molecular weight is 310 g/mol. The summed E-state index contributed by atoms with van der Waals surface area (Å²) in [7, 11) is -3.04. The minimum atomic E-state index is -3.04. The first kappa shape index (κ1) is 16.0. The van der Waals surface area contributed by atoms with Gasteiger partial charge in [0.2, 0.25) is 0 Å². The summed E-state index contributed by atoms with van der Waals surface area (Å²) in [5, 5.41) is 5.23. The Morgan fingerprint density at radius 3 is 2.67 bits per heavy atom. The smallest absolute Gasteiger partial charge is 0.176 e. The third-order valence-corrected chi connectivity index (χ3v) is 5.63. The van der Waals surface area contributed by atoms with E-state index < -0.39 is 9.84 Å². The van der Waals surface area contributed by atoms with Crippen LogP contribution in [0.15, 0.2) is 16.3 Å². The Kier molecular flexibility index (Phi) is 6.11. The number of thiophene rings is 1. The summed E-state index contributed by atoms with van der Waals surface area (Å²) in [6, 6.07) is 1.73. The Bertz CT molecular complexity index is 464. The van der Waals surface area contributed by atoms with E-state index in [0.717, 1.165) is 36.7 Å². The third kappa shape index (κ3) is 4.23. The van der Waals surface area contributed by atoms with E-state index in [1.165, 1.54) is 19.1 Å². The number of aryl methyl sites for hydroxylation is 1. The fourth-order valence-corrected chi connectivity index (χ4v) is 4.65. The van der Waals surface area contributed by atoms with Crippen LogP contribution >= 0.6 is 23.7 Å². The highest BCUT2D eigenvalue weighted by atomic mass is 35.5. The highest BCUT2D eigenvalue weighted by Crippen LogP contribution is 2.26. The summed E-state index contributed by atoms with van der Waals surface area (Å²) in [6.07, 6.45) is 5.76. The molecule has 0 saturated carbocycles. The van der Waals surface area contributed by atoms with Crippen molar-refractivity contribution in [3.8, 4) is 0 Å². The molecule has 104 valence electrons. The molecule has 1 aliphatic heterocycles. The van der Waals surface area contributed by atoms with E-state index in [1.54, 1.807) is 17.4 Å². The zero-order chi connectivity index (χ0) is 12.3. The van der Waals surface area contributed by atoms with Gasteiger partial charge in [0, 0.05) is 11.1 Å². The predicted molar refractivity (Wildman–Crippen MR) is 78.6 cm³/mol. The molecule has 0 aliphatic carbocycles. The molecule has 2 rings (SSSR count). The lowest BCUT2D eigenvalue weighted by molar-refractivity contribution is 0.354. The molecule has 1 aromatic heterocycles. The van der Waals surface area contributed by atoms with Crippen LogP contribution in [0.4, 0.5) is 0 Å². The molecule has 2 heterocycles. The SMILES string of the molecule is CS(=O)(=O)c1ccsc1CCC1CCNCC1.Cl. The van der Waals surface area contributed by atoms with Gasteiger partial charge in [0.05, 0.1) is 4.90 Å². The minimum Gasteiger partial charge on any atom is -0.317 e. The lowest BCUT2D eigenvalue weighted by Crippen LogP contribution is -2.27. The number of hydrogen-bond acceptors (Lipinski definition) is 4. The number of halogens is 1. The molecule has 1 fully saturated rings. The van der Waals surface area contributed by atoms with Crippen molar-refractivity contribution in [2.75, 3.05) is 19.3 Å². The number of nitrogens with one attached hydrogen (secondary N) is 1. The van der Waals surface area contributed by atoms with E-state index in [1.807, 2.05) is 5.38 Å². The van der Waals surface area contributed by atoms with Gasteiger partial charge in [0.1, 0.15) is 0 Å². The molecule has 0 radical (unpaired) electrons. The van der Waals surface area contributed by atoms with Crippen LogP contribution in [-0.2, 0) is 16.3 Å². The van der Waals surface area contributed by atoms with Gasteiger partial charge in [-0.05, 0) is 56.1 Å². The van der Waals surface area contributed by atoms with Gasteiger partial charge < -0.3 is 5.32 Å². The second kappa shape index (κ2) is 6.89. The van der Waals surface area contributed by atoms with E-state index in [9.17, 15) is 8.42 Å². The maximum absolute atomic E-state index is 11.6. The lowest BCUT2D eigenvalue weighted by atomic mass is 9.93. The summed E-state index contributed by atoms with van der Waals surface area (Å²) < 4.78 is 23.1. The molecule has 6 heteroatoms. The van der Waals surface area contributed by atoms with Crippen molar-refractivity contribution < 1.29 is 8.42 Å². The van der Waals surface area contributed by atoms with E-state index in [0.29, 0.717) is 4.90 Å². The van der Waals surface area contributed by atoms with Gasteiger partial charge in [-0.2, -0.15) is 0 Å². The molecular weight excluding hydrogens is 290 g/mol. The fourth-order valence-electron chi connectivity index (χ4n) is 2.35. The summed E-state index contributed by atoms with van der Waals surface area (Å²) in [4.78, 5) is 1.57. The topological polar surface area (TPSA) is 46.2 Å². The largest absolute Gasteiger partial charge is 0.317 e. The summed E-state index contributed by atoms with van der Waals surface area (Å²) in [6.45, 7) is 2.21. The van der Waals surface area contributed by atoms with E-state index in [2.05, 4.69) is 5.32 Å². The maximum atomic E-state index is 11.6. The predicted octanol–water partition coefficient (Wildman–Crippen LogP) is 2.51. The van der Waals surface area contributed by atoms with Gasteiger partial charge in [-0.3, -0.25) is 0 Å². The van der Waals surface area contributed by atoms with Gasteiger partial charge in [-0.1, -0.05) is 0 Å². The Morgan fingerprint density at radius 1 is 1.39 bits per heavy atom. The molecule has 0 amide bonds. The molecule has 0 spiro atoms. The number of hydrogen-bond donors (Lipinski definition) is 1. The van der Waals surface area contributed by atoms with Gasteiger partial charge in [-0.15, -0.1) is 23.7 Å². The van der Waals surface area contributed by atoms with Crippen molar-refractivity contribution in [2.24, 2.45) is 5.92 Å². The van der Waals surface area contributed by atoms with Crippen LogP contribution in [0.5, 0.6) is 0 Å². The highest BCUT2D eigenvalue weighted by Gasteiger charge is 2.17. The fraction of sp³-hybridized carbons (Fsp3) is 0.667. The molecule has 0 unspecified atom stereocenters. The molecule has 1 aromatic rings. The monoisotopic (exact) mass is 309 g/mol. The minimum absolute atomic E-state index is 0. The second-order valence-electron chi connectivity index (χ2n) is 4.71. The van der Waals surface area contributed by atoms with Gasteiger partial charge in [-0.25, -0.2) is 8.42 Å². The summed E-state index contributed by atoms with van der Waals surface area (Å²) in [5.41, 5.74) is 0. The van der Waals surface area contributed by atoms with Gasteiger partial charge in [0.25, 0.3) is 0 Å². The lowest BCUT2D eigenvalue weighted by Gasteiger charge is -2.22. The zero-order valence-electron chi connectivity index (χ0n) is 10.5. The molecule has 0 bridgehead atoms. The quantitative estimate of drug-likeness (QED) is 0.929. The van der Waals surface area contributed by atoms with Crippen LogP contribution in [0.1, 0.15) is 24.1 Å². The van der Waals surface area contributed by atoms with Crippen molar-refractivity contribution in [3.63, 3.8) is 0 Å². The molecule has 1 saturated heterocycles. The number of sulfone groups is 1. The molecule has 0 atom stereocenters. The van der Waals surface area contributed by atoms with Crippen LogP contribution in [0.25, 0.3) is 0 Å². The number of rotatable bonds is 4. The molecular formula is C12H20ClNO2S2. The van der Waals surface area contributed by atoms with E-state index in [-0.39, 0.29) is 12.4 Å². The normalized spacial score (nSPS) is 17.4. The molecule has 0 aromatic carbocycles. The Balaban J connectivity index is 0.00000162. The van der Waals surface area contributed by atoms with Crippen molar-refractivity contribution in [1.29, 1.82) is 0 Å². The van der Waals surface area contributed by atoms with Crippen LogP contribution in [0.3, 0.4) is 0 Å². The van der Waals surface area contributed by atoms with Crippen molar-refractivity contribution in [2.45, 2.75) is 30.6 Å². The van der Waals surface area contributed by atoms with Crippen LogP contribution in [0.2, 0.25) is 0 Å². The first-order chi connectivity index (χ1) is 8.07. The first-order valence-electron chi connectivity index (χ1n) is 6.04. The zero-order valence-corrected chi connectivity index (χ0v) is 13.0. The first-order valence-corrected chi connectivity index (χ1v) is 8.81. The van der Waals surface area contributed by atoms with Crippen molar-refractivity contribution in [3.05, 3.63) is 16.3 Å². The molecule has 1 aliphatic rings. The Hall–Kier alpha value is -0.100. The Morgan fingerprint density at radius 2 is 2.06 bits per heavy atom. The number of piperidine rings is 1. The summed E-state index contributed by atoms with van der Waals surface area (Å²) >= 11 is 1.57. The third-order valence-electron chi connectivity index (χ3n) is 3.34. The molecule has 1 N–H and O–H groups in total. The second-order valence-corrected chi connectivity index (χ2v) is 7.70. The van der Waals surface area contributed by atoms with Crippen molar-refractivity contribution in [1.82, 2.24) is 5.32 Å². The van der Waals surface area contributed by atoms with Crippen LogP contribution < -0.4 is 5.32 Å². The van der Waals surface area contributed by atoms with Crippen LogP contribution in [0, 0.1) is 5.92 Å². The highest BCUT2D eigenvalue weighted by molar-refractivity contribution is 7.90. The van der Waals surface area contributed by atoms with Gasteiger partial charge in [0.15, 0.2) is 9.84 Å². The van der Waals surface area contributed by atoms with E-state index >= 15 is 0 Å². The molecule has 18 heavy (non-hydrogen) atoms. The molecule has 3 nitrogen and oxygen atoms in total. The standard InChI is InChI=1S/C12H19NO2S2.ClH/c1-17(14,15)12-6-9-16-11(12)3-2-10-4-7-13-8-5-10;/h6,9-10,13H,2-5,7-8H2,1H3;1H. The summed E-state index contributed by atoms with van der Waals surface area (Å²) in [5.74, 6) is 0.755. The van der Waals surface area contributed by atoms with Crippen molar-refractivity contribution >= 4 is 33.6 Å². The van der Waals surface area contributed by atoms with Crippen LogP contribution in [-0.4, -0.2) is 27.8 Å². The maximum Gasteiger partial charge on any atom is 0.176 e. The Labute approximate surface area is 119 Å². The van der Waals surface area contributed by atoms with E-state index in [4.69, 9.17) is 0 Å².